The van der Waals surface area contributed by atoms with Crippen LogP contribution in [-0.4, -0.2) is 93.0 Å². The molecule has 1 fully saturated rings. The lowest BCUT2D eigenvalue weighted by Gasteiger charge is -2.35. The SMILES string of the molecule is CCCCCCCCCCCCCCCC(=O)OC[C@@H](COP(=O)([O-])OCC[N+](C)(C)C)OC(=O)CCCCCCCCC1(CCCCCCCC)OCC(C)(C)N1[O]. The fourth-order valence-corrected chi connectivity index (χ4v) is 8.28. The van der Waals surface area contributed by atoms with Gasteiger partial charge in [0.05, 0.1) is 39.9 Å². The molecule has 0 spiro atoms. The fourth-order valence-electron chi connectivity index (χ4n) is 7.56. The lowest BCUT2D eigenvalue weighted by Crippen LogP contribution is -2.49. The molecule has 1 rings (SSSR count). The van der Waals surface area contributed by atoms with Gasteiger partial charge in [-0.3, -0.25) is 14.2 Å². The fraction of sp³-hybridized carbons (Fsp3) is 0.957. The van der Waals surface area contributed by atoms with Crippen LogP contribution in [-0.2, 0) is 42.6 Å². The maximum Gasteiger partial charge on any atom is 0.306 e. The van der Waals surface area contributed by atoms with E-state index in [0.717, 1.165) is 77.0 Å². The van der Waals surface area contributed by atoms with Gasteiger partial charge in [-0.15, -0.1) is 10.3 Å². The van der Waals surface area contributed by atoms with Gasteiger partial charge in [-0.1, -0.05) is 149 Å². The van der Waals surface area contributed by atoms with Crippen molar-refractivity contribution >= 4 is 19.8 Å². The molecule has 1 aliphatic rings. The first-order valence-electron chi connectivity index (χ1n) is 23.9. The van der Waals surface area contributed by atoms with E-state index in [9.17, 15) is 24.3 Å². The van der Waals surface area contributed by atoms with Crippen LogP contribution in [0.15, 0.2) is 0 Å². The van der Waals surface area contributed by atoms with E-state index in [4.69, 9.17) is 23.3 Å². The van der Waals surface area contributed by atoms with E-state index in [-0.39, 0.29) is 26.1 Å². The Morgan fingerprint density at radius 3 is 1.51 bits per heavy atom. The summed E-state index contributed by atoms with van der Waals surface area (Å²) in [4.78, 5) is 37.8. The highest BCUT2D eigenvalue weighted by molar-refractivity contribution is 7.45. The van der Waals surface area contributed by atoms with E-state index >= 15 is 0 Å². The second kappa shape index (κ2) is 32.5. The molecule has 1 radical (unpaired) electrons. The molecular formula is C46H90N2O10P. The Morgan fingerprint density at radius 1 is 0.661 bits per heavy atom. The molecule has 0 aromatic heterocycles. The van der Waals surface area contributed by atoms with Crippen molar-refractivity contribution in [2.24, 2.45) is 0 Å². The summed E-state index contributed by atoms with van der Waals surface area (Å²) in [5.41, 5.74) is -1.24. The first-order chi connectivity index (χ1) is 28.1. The van der Waals surface area contributed by atoms with Crippen LogP contribution in [0.1, 0.15) is 214 Å². The standard InChI is InChI=1S/C46H90N2O10P/c1-8-10-12-14-16-17-18-19-20-21-22-25-29-33-43(49)54-39-42(40-57-59(52,53)56-38-37-48(5,6)7)58-44(50)34-30-26-23-24-28-32-36-46(35-31-27-15-13-11-9-2)47(51)45(3,4)41-55-46/h42H,8-41H2,1-7H3/t42-,46?/m0/s1. The van der Waals surface area contributed by atoms with Gasteiger partial charge in [0, 0.05) is 12.8 Å². The molecule has 0 aromatic rings. The molecule has 0 N–H and O–H groups in total. The highest BCUT2D eigenvalue weighted by atomic mass is 31.2. The highest BCUT2D eigenvalue weighted by Gasteiger charge is 2.51. The van der Waals surface area contributed by atoms with E-state index in [1.807, 2.05) is 35.0 Å². The summed E-state index contributed by atoms with van der Waals surface area (Å²) < 4.78 is 40.3. The minimum atomic E-state index is -4.66. The van der Waals surface area contributed by atoms with Crippen LogP contribution < -0.4 is 4.89 Å². The van der Waals surface area contributed by atoms with Crippen molar-refractivity contribution in [2.45, 2.75) is 231 Å². The van der Waals surface area contributed by atoms with Crippen LogP contribution in [0, 0.1) is 0 Å². The Morgan fingerprint density at radius 2 is 1.08 bits per heavy atom. The minimum absolute atomic E-state index is 0.0497. The molecule has 349 valence electrons. The second-order valence-corrected chi connectivity index (χ2v) is 20.3. The second-order valence-electron chi connectivity index (χ2n) is 18.9. The van der Waals surface area contributed by atoms with Crippen molar-refractivity contribution in [1.82, 2.24) is 5.06 Å². The molecule has 0 aromatic carbocycles. The van der Waals surface area contributed by atoms with Crippen molar-refractivity contribution in [1.29, 1.82) is 0 Å². The molecule has 1 saturated heterocycles. The summed E-state index contributed by atoms with van der Waals surface area (Å²) >= 11 is 0. The van der Waals surface area contributed by atoms with Crippen LogP contribution in [0.25, 0.3) is 0 Å². The summed E-state index contributed by atoms with van der Waals surface area (Å²) in [6.45, 7) is 8.46. The van der Waals surface area contributed by atoms with E-state index < -0.39 is 43.7 Å². The third-order valence-electron chi connectivity index (χ3n) is 11.4. The molecule has 3 atom stereocenters. The molecule has 1 aliphatic heterocycles. The summed E-state index contributed by atoms with van der Waals surface area (Å²) in [7, 11) is 1.10. The van der Waals surface area contributed by atoms with Crippen LogP contribution in [0.3, 0.4) is 0 Å². The number of hydrogen-bond donors (Lipinski definition) is 0. The van der Waals surface area contributed by atoms with Gasteiger partial charge in [0.2, 0.25) is 0 Å². The van der Waals surface area contributed by atoms with Crippen molar-refractivity contribution in [3.8, 4) is 0 Å². The van der Waals surface area contributed by atoms with Gasteiger partial charge in [0.15, 0.2) is 6.10 Å². The van der Waals surface area contributed by atoms with Gasteiger partial charge in [-0.25, -0.2) is 0 Å². The first kappa shape index (κ1) is 55.9. The molecule has 2 unspecified atom stereocenters. The number of unbranched alkanes of at least 4 members (excludes halogenated alkanes) is 22. The molecule has 0 amide bonds. The third-order valence-corrected chi connectivity index (χ3v) is 12.3. The zero-order chi connectivity index (χ0) is 43.9. The Hall–Kier alpha value is -1.11. The Labute approximate surface area is 361 Å². The molecule has 12 nitrogen and oxygen atoms in total. The highest BCUT2D eigenvalue weighted by Crippen LogP contribution is 2.41. The van der Waals surface area contributed by atoms with E-state index in [0.29, 0.717) is 24.1 Å². The Kier molecular flexibility index (Phi) is 30.8. The van der Waals surface area contributed by atoms with Gasteiger partial charge < -0.3 is 32.6 Å². The monoisotopic (exact) mass is 862 g/mol. The first-order valence-corrected chi connectivity index (χ1v) is 25.4. The van der Waals surface area contributed by atoms with Crippen LogP contribution in [0.4, 0.5) is 0 Å². The summed E-state index contributed by atoms with van der Waals surface area (Å²) in [5, 5.41) is 14.5. The van der Waals surface area contributed by atoms with E-state index in [1.165, 1.54) is 95.0 Å². The lowest BCUT2D eigenvalue weighted by molar-refractivity contribution is -0.870. The number of quaternary nitrogens is 1. The number of phosphoric ester groups is 1. The van der Waals surface area contributed by atoms with Crippen molar-refractivity contribution in [2.75, 3.05) is 54.1 Å². The van der Waals surface area contributed by atoms with Gasteiger partial charge in [0.1, 0.15) is 25.5 Å². The predicted molar refractivity (Wildman–Crippen MR) is 234 cm³/mol. The van der Waals surface area contributed by atoms with Crippen LogP contribution >= 0.6 is 7.82 Å². The van der Waals surface area contributed by atoms with Crippen LogP contribution in [0.5, 0.6) is 0 Å². The number of carbonyl (C=O) groups is 2. The number of carbonyl (C=O) groups excluding carboxylic acids is 2. The Balaban J connectivity index is 2.44. The molecule has 59 heavy (non-hydrogen) atoms. The Bertz CT molecular complexity index is 1120. The predicted octanol–water partition coefficient (Wildman–Crippen LogP) is 11.2. The molecule has 0 saturated carbocycles. The number of nitrogens with zero attached hydrogens (tertiary/aromatic N) is 2. The number of phosphoric acid groups is 1. The van der Waals surface area contributed by atoms with Gasteiger partial charge in [-0.05, 0) is 52.4 Å². The average Bonchev–Trinajstić information content (AvgIpc) is 3.40. The lowest BCUT2D eigenvalue weighted by atomic mass is 9.95. The quantitative estimate of drug-likeness (QED) is 0.0253. The molecule has 13 heteroatoms. The average molecular weight is 862 g/mol. The molecule has 0 bridgehead atoms. The molecular weight excluding hydrogens is 771 g/mol. The summed E-state index contributed by atoms with van der Waals surface area (Å²) in [6.07, 6.45) is 28.9. The zero-order valence-corrected chi connectivity index (χ0v) is 39.9. The minimum Gasteiger partial charge on any atom is -0.756 e. The zero-order valence-electron chi connectivity index (χ0n) is 39.0. The number of likely N-dealkylation sites (N-methyl/N-ethyl adjacent to an activating group) is 1. The number of esters is 2. The number of ether oxygens (including phenoxy) is 3. The number of hydroxylamine groups is 2. The summed E-state index contributed by atoms with van der Waals surface area (Å²) in [5.74, 6) is -0.899. The van der Waals surface area contributed by atoms with Gasteiger partial charge in [-0.2, -0.15) is 0 Å². The van der Waals surface area contributed by atoms with Crippen molar-refractivity contribution in [3.63, 3.8) is 0 Å². The van der Waals surface area contributed by atoms with E-state index in [1.54, 1.807) is 0 Å². The normalized spacial score (nSPS) is 18.5. The maximum absolute atomic E-state index is 13.3. The van der Waals surface area contributed by atoms with Crippen LogP contribution in [0.2, 0.25) is 0 Å². The maximum atomic E-state index is 13.3. The molecule has 0 aliphatic carbocycles. The van der Waals surface area contributed by atoms with Crippen molar-refractivity contribution in [3.05, 3.63) is 0 Å². The van der Waals surface area contributed by atoms with E-state index in [2.05, 4.69) is 13.8 Å². The largest absolute Gasteiger partial charge is 0.756 e. The molecule has 1 heterocycles. The smallest absolute Gasteiger partial charge is 0.306 e. The van der Waals surface area contributed by atoms with Gasteiger partial charge >= 0.3 is 11.9 Å². The van der Waals surface area contributed by atoms with Gasteiger partial charge in [0.25, 0.3) is 7.82 Å². The number of rotatable bonds is 40. The van der Waals surface area contributed by atoms with Crippen molar-refractivity contribution < 1.29 is 52.0 Å². The number of hydrogen-bond acceptors (Lipinski definition) is 10. The topological polar surface area (TPSA) is 144 Å². The summed E-state index contributed by atoms with van der Waals surface area (Å²) in [6, 6.07) is 0. The third kappa shape index (κ3) is 29.0.